The van der Waals surface area contributed by atoms with Crippen molar-refractivity contribution in [2.75, 3.05) is 11.9 Å². The van der Waals surface area contributed by atoms with E-state index >= 15 is 0 Å². The van der Waals surface area contributed by atoms with Crippen molar-refractivity contribution in [3.63, 3.8) is 0 Å². The largest absolute Gasteiger partial charge is 0.396 e. The maximum atomic E-state index is 11.9. The molecule has 1 rings (SSSR count). The zero-order valence-electron chi connectivity index (χ0n) is 12.4. The highest BCUT2D eigenvalue weighted by atomic mass is 35.5. The van der Waals surface area contributed by atoms with Crippen LogP contribution in [0, 0.1) is 12.8 Å². The summed E-state index contributed by atoms with van der Waals surface area (Å²) >= 11 is 5.97. The molecule has 1 aromatic carbocycles. The number of rotatable bonds is 5. The number of aryl methyl sites for hydroxylation is 1. The number of hydrogen-bond acceptors (Lipinski definition) is 3. The molecule has 0 heterocycles. The van der Waals surface area contributed by atoms with Gasteiger partial charge in [-0.15, -0.1) is 0 Å². The number of carbonyl (C=O) groups is 2. The second-order valence-electron chi connectivity index (χ2n) is 5.27. The molecule has 0 aliphatic heterocycles. The quantitative estimate of drug-likeness (QED) is 0.729. The fourth-order valence-corrected chi connectivity index (χ4v) is 2.02. The van der Waals surface area contributed by atoms with Gasteiger partial charge in [-0.3, -0.25) is 9.59 Å². The summed E-state index contributed by atoms with van der Waals surface area (Å²) in [5.74, 6) is -1.39. The first-order valence-corrected chi connectivity index (χ1v) is 7.21. The van der Waals surface area contributed by atoms with Gasteiger partial charge < -0.3 is 15.7 Å². The highest BCUT2D eigenvalue weighted by molar-refractivity contribution is 6.41. The molecule has 1 atom stereocenters. The maximum absolute atomic E-state index is 11.9. The van der Waals surface area contributed by atoms with Gasteiger partial charge in [0.05, 0.1) is 10.7 Å². The van der Waals surface area contributed by atoms with Crippen LogP contribution in [0.4, 0.5) is 5.69 Å². The number of aliphatic hydroxyl groups excluding tert-OH is 1. The van der Waals surface area contributed by atoms with Crippen molar-refractivity contribution < 1.29 is 14.7 Å². The zero-order valence-corrected chi connectivity index (χ0v) is 13.2. The summed E-state index contributed by atoms with van der Waals surface area (Å²) in [7, 11) is 0. The van der Waals surface area contributed by atoms with Crippen LogP contribution in [0.2, 0.25) is 5.02 Å². The van der Waals surface area contributed by atoms with E-state index in [1.54, 1.807) is 12.1 Å². The third kappa shape index (κ3) is 5.36. The molecular weight excluding hydrogens is 292 g/mol. The third-order valence-electron chi connectivity index (χ3n) is 3.14. The second-order valence-corrected chi connectivity index (χ2v) is 5.68. The van der Waals surface area contributed by atoms with Gasteiger partial charge in [-0.05, 0) is 37.0 Å². The molecule has 0 spiro atoms. The van der Waals surface area contributed by atoms with Gasteiger partial charge in [-0.2, -0.15) is 0 Å². The summed E-state index contributed by atoms with van der Waals surface area (Å²) < 4.78 is 0. The lowest BCUT2D eigenvalue weighted by molar-refractivity contribution is -0.136. The van der Waals surface area contributed by atoms with E-state index in [2.05, 4.69) is 10.6 Å². The van der Waals surface area contributed by atoms with Crippen LogP contribution in [0.25, 0.3) is 0 Å². The number of anilines is 1. The first-order chi connectivity index (χ1) is 9.85. The standard InChI is InChI=1S/C15H21ClN2O3/c1-9(2)12(6-7-19)17-14(20)15(21)18-13-8-10(3)4-5-11(13)16/h4-5,8-9,12,19H,6-7H2,1-3H3,(H,17,20)(H,18,21). The van der Waals surface area contributed by atoms with Crippen LogP contribution in [0.15, 0.2) is 18.2 Å². The average molecular weight is 313 g/mol. The van der Waals surface area contributed by atoms with E-state index in [-0.39, 0.29) is 18.6 Å². The van der Waals surface area contributed by atoms with Gasteiger partial charge in [0.15, 0.2) is 0 Å². The van der Waals surface area contributed by atoms with E-state index in [0.29, 0.717) is 17.1 Å². The number of halogens is 1. The molecule has 0 fully saturated rings. The Kier molecular flexibility index (Phi) is 6.65. The van der Waals surface area contributed by atoms with Gasteiger partial charge in [-0.1, -0.05) is 31.5 Å². The molecule has 1 aromatic rings. The van der Waals surface area contributed by atoms with Crippen LogP contribution in [-0.4, -0.2) is 29.6 Å². The first kappa shape index (κ1) is 17.5. The molecule has 0 aliphatic rings. The molecule has 0 aromatic heterocycles. The minimum absolute atomic E-state index is 0.0472. The molecule has 0 aliphatic carbocycles. The van der Waals surface area contributed by atoms with Gasteiger partial charge >= 0.3 is 11.8 Å². The molecule has 0 saturated carbocycles. The van der Waals surface area contributed by atoms with E-state index < -0.39 is 11.8 Å². The topological polar surface area (TPSA) is 78.4 Å². The van der Waals surface area contributed by atoms with E-state index in [1.165, 1.54) is 0 Å². The summed E-state index contributed by atoms with van der Waals surface area (Å²) in [6.45, 7) is 5.64. The van der Waals surface area contributed by atoms with Crippen LogP contribution in [0.3, 0.4) is 0 Å². The Balaban J connectivity index is 2.70. The van der Waals surface area contributed by atoms with Gasteiger partial charge in [0.25, 0.3) is 0 Å². The number of nitrogens with one attached hydrogen (secondary N) is 2. The summed E-state index contributed by atoms with van der Waals surface area (Å²) in [5, 5.41) is 14.5. The number of amides is 2. The Morgan fingerprint density at radius 1 is 1.29 bits per heavy atom. The molecule has 21 heavy (non-hydrogen) atoms. The van der Waals surface area contributed by atoms with Crippen molar-refractivity contribution in [3.05, 3.63) is 28.8 Å². The second kappa shape index (κ2) is 8.00. The zero-order chi connectivity index (χ0) is 16.0. The van der Waals surface area contributed by atoms with Crippen molar-refractivity contribution in [1.82, 2.24) is 5.32 Å². The third-order valence-corrected chi connectivity index (χ3v) is 3.47. The van der Waals surface area contributed by atoms with E-state index in [4.69, 9.17) is 16.7 Å². The van der Waals surface area contributed by atoms with Crippen molar-refractivity contribution in [3.8, 4) is 0 Å². The fourth-order valence-electron chi connectivity index (χ4n) is 1.86. The molecule has 116 valence electrons. The van der Waals surface area contributed by atoms with Gasteiger partial charge in [0.1, 0.15) is 0 Å². The number of benzene rings is 1. The number of aliphatic hydroxyl groups is 1. The minimum atomic E-state index is -0.772. The lowest BCUT2D eigenvalue weighted by Crippen LogP contribution is -2.44. The summed E-state index contributed by atoms with van der Waals surface area (Å²) in [4.78, 5) is 23.8. The molecular formula is C15H21ClN2O3. The Bertz CT molecular complexity index is 518. The van der Waals surface area contributed by atoms with Gasteiger partial charge in [0.2, 0.25) is 0 Å². The fraction of sp³-hybridized carbons (Fsp3) is 0.467. The smallest absolute Gasteiger partial charge is 0.313 e. The highest BCUT2D eigenvalue weighted by Crippen LogP contribution is 2.22. The molecule has 0 radical (unpaired) electrons. The Morgan fingerprint density at radius 2 is 1.95 bits per heavy atom. The highest BCUT2D eigenvalue weighted by Gasteiger charge is 2.21. The molecule has 1 unspecified atom stereocenters. The molecule has 0 saturated heterocycles. The predicted molar refractivity (Wildman–Crippen MR) is 83.3 cm³/mol. The Labute approximate surface area is 129 Å². The molecule has 6 heteroatoms. The monoisotopic (exact) mass is 312 g/mol. The van der Waals surface area contributed by atoms with Crippen LogP contribution in [0.5, 0.6) is 0 Å². The van der Waals surface area contributed by atoms with Gasteiger partial charge in [-0.25, -0.2) is 0 Å². The average Bonchev–Trinajstić information content (AvgIpc) is 2.42. The Hall–Kier alpha value is -1.59. The summed E-state index contributed by atoms with van der Waals surface area (Å²) in [6.07, 6.45) is 0.405. The summed E-state index contributed by atoms with van der Waals surface area (Å²) in [5.41, 5.74) is 1.33. The van der Waals surface area contributed by atoms with Crippen molar-refractivity contribution in [1.29, 1.82) is 0 Å². The van der Waals surface area contributed by atoms with Crippen LogP contribution < -0.4 is 10.6 Å². The number of hydrogen-bond donors (Lipinski definition) is 3. The van der Waals surface area contributed by atoms with Crippen LogP contribution >= 0.6 is 11.6 Å². The maximum Gasteiger partial charge on any atom is 0.313 e. The van der Waals surface area contributed by atoms with Crippen LogP contribution in [0.1, 0.15) is 25.8 Å². The molecule has 2 amide bonds. The molecule has 0 bridgehead atoms. The molecule has 5 nitrogen and oxygen atoms in total. The Morgan fingerprint density at radius 3 is 2.52 bits per heavy atom. The summed E-state index contributed by atoms with van der Waals surface area (Å²) in [6, 6.07) is 4.92. The van der Waals surface area contributed by atoms with Crippen molar-refractivity contribution in [2.24, 2.45) is 5.92 Å². The predicted octanol–water partition coefficient (Wildman–Crippen LogP) is 2.11. The minimum Gasteiger partial charge on any atom is -0.396 e. The van der Waals surface area contributed by atoms with Crippen molar-refractivity contribution >= 4 is 29.1 Å². The number of carbonyl (C=O) groups excluding carboxylic acids is 2. The lowest BCUT2D eigenvalue weighted by atomic mass is 10.0. The van der Waals surface area contributed by atoms with Crippen molar-refractivity contribution in [2.45, 2.75) is 33.2 Å². The molecule has 3 N–H and O–H groups in total. The van der Waals surface area contributed by atoms with E-state index in [1.807, 2.05) is 26.8 Å². The van der Waals surface area contributed by atoms with E-state index in [9.17, 15) is 9.59 Å². The van der Waals surface area contributed by atoms with E-state index in [0.717, 1.165) is 5.56 Å². The SMILES string of the molecule is Cc1ccc(Cl)c(NC(=O)C(=O)NC(CCO)C(C)C)c1. The van der Waals surface area contributed by atoms with Crippen LogP contribution in [-0.2, 0) is 9.59 Å². The normalized spacial score (nSPS) is 12.1. The van der Waals surface area contributed by atoms with Gasteiger partial charge in [0, 0.05) is 12.6 Å². The lowest BCUT2D eigenvalue weighted by Gasteiger charge is -2.21. The first-order valence-electron chi connectivity index (χ1n) is 6.84.